The molecule has 5 nitrogen and oxygen atoms in total. The number of hydrogen-bond donors (Lipinski definition) is 1. The van der Waals surface area contributed by atoms with E-state index in [4.69, 9.17) is 11.6 Å². The predicted octanol–water partition coefficient (Wildman–Crippen LogP) is 2.62. The van der Waals surface area contributed by atoms with E-state index in [-0.39, 0.29) is 0 Å². The number of H-pyrrole nitrogens is 1. The highest BCUT2D eigenvalue weighted by Crippen LogP contribution is 2.28. The molecule has 2 heterocycles. The molecule has 3 rings (SSSR count). The van der Waals surface area contributed by atoms with Crippen LogP contribution in [0, 0.1) is 6.92 Å². The Bertz CT molecular complexity index is 654. The fourth-order valence-electron chi connectivity index (χ4n) is 1.88. The summed E-state index contributed by atoms with van der Waals surface area (Å²) in [6.45, 7) is 1.98. The minimum Gasteiger partial charge on any atom is -0.280 e. The Morgan fingerprint density at radius 3 is 2.44 bits per heavy atom. The smallest absolute Gasteiger partial charge is 0.169 e. The molecule has 0 fully saturated rings. The average molecular weight is 260 g/mol. The molecule has 0 saturated heterocycles. The van der Waals surface area contributed by atoms with Gasteiger partial charge in [-0.25, -0.2) is 0 Å². The van der Waals surface area contributed by atoms with E-state index in [2.05, 4.69) is 20.4 Å². The normalized spacial score (nSPS) is 10.8. The molecule has 90 valence electrons. The van der Waals surface area contributed by atoms with Gasteiger partial charge in [-0.1, -0.05) is 23.7 Å². The molecule has 18 heavy (non-hydrogen) atoms. The van der Waals surface area contributed by atoms with Gasteiger partial charge in [0.2, 0.25) is 0 Å². The first kappa shape index (κ1) is 11.0. The molecular weight excluding hydrogens is 250 g/mol. The third-order valence-electron chi connectivity index (χ3n) is 2.72. The van der Waals surface area contributed by atoms with Crippen LogP contribution in [-0.2, 0) is 0 Å². The fraction of sp³-hybridized carbons (Fsp3) is 0.0833. The molecule has 0 bridgehead atoms. The zero-order chi connectivity index (χ0) is 12.5. The standard InChI is InChI=1S/C12H10ClN5/c1-8-11(9-2-4-10(13)5-3-9)12(17-16-8)18-6-14-15-7-18/h2-7H,1H3,(H,16,17). The minimum atomic E-state index is 0.714. The lowest BCUT2D eigenvalue weighted by Gasteiger charge is -2.04. The summed E-state index contributed by atoms with van der Waals surface area (Å²) in [6, 6.07) is 7.65. The fourth-order valence-corrected chi connectivity index (χ4v) is 2.00. The van der Waals surface area contributed by atoms with Gasteiger partial charge in [0.25, 0.3) is 0 Å². The van der Waals surface area contributed by atoms with Gasteiger partial charge in [-0.2, -0.15) is 5.10 Å². The lowest BCUT2D eigenvalue weighted by atomic mass is 10.1. The summed E-state index contributed by atoms with van der Waals surface area (Å²) in [4.78, 5) is 0. The number of nitrogens with one attached hydrogen (secondary N) is 1. The largest absolute Gasteiger partial charge is 0.280 e. The number of aromatic amines is 1. The van der Waals surface area contributed by atoms with E-state index in [1.807, 2.05) is 31.2 Å². The van der Waals surface area contributed by atoms with Gasteiger partial charge in [-0.15, -0.1) is 10.2 Å². The second-order valence-corrected chi connectivity index (χ2v) is 4.36. The quantitative estimate of drug-likeness (QED) is 0.770. The van der Waals surface area contributed by atoms with Crippen LogP contribution in [0.4, 0.5) is 0 Å². The van der Waals surface area contributed by atoms with Crippen molar-refractivity contribution in [3.63, 3.8) is 0 Å². The van der Waals surface area contributed by atoms with Crippen LogP contribution in [0.3, 0.4) is 0 Å². The maximum Gasteiger partial charge on any atom is 0.169 e. The average Bonchev–Trinajstić information content (AvgIpc) is 2.99. The first-order valence-corrected chi connectivity index (χ1v) is 5.79. The highest BCUT2D eigenvalue weighted by atomic mass is 35.5. The second kappa shape index (κ2) is 4.27. The third kappa shape index (κ3) is 1.78. The Balaban J connectivity index is 2.17. The molecule has 0 spiro atoms. The first-order chi connectivity index (χ1) is 8.75. The van der Waals surface area contributed by atoms with Crippen LogP contribution in [0.5, 0.6) is 0 Å². The highest BCUT2D eigenvalue weighted by molar-refractivity contribution is 6.30. The van der Waals surface area contributed by atoms with Crippen molar-refractivity contribution in [3.8, 4) is 16.9 Å². The van der Waals surface area contributed by atoms with E-state index in [1.165, 1.54) is 0 Å². The summed E-state index contributed by atoms with van der Waals surface area (Å²) in [5.41, 5.74) is 3.06. The van der Waals surface area contributed by atoms with E-state index >= 15 is 0 Å². The van der Waals surface area contributed by atoms with E-state index in [1.54, 1.807) is 17.2 Å². The van der Waals surface area contributed by atoms with Gasteiger partial charge in [0, 0.05) is 16.3 Å². The van der Waals surface area contributed by atoms with E-state index < -0.39 is 0 Å². The number of rotatable bonds is 2. The van der Waals surface area contributed by atoms with Gasteiger partial charge < -0.3 is 0 Å². The van der Waals surface area contributed by atoms with Crippen molar-refractivity contribution in [1.29, 1.82) is 0 Å². The van der Waals surface area contributed by atoms with Crippen LogP contribution in [-0.4, -0.2) is 25.0 Å². The molecule has 0 aliphatic heterocycles. The Labute approximate surface area is 108 Å². The molecular formula is C12H10ClN5. The van der Waals surface area contributed by atoms with Gasteiger partial charge in [-0.3, -0.25) is 9.67 Å². The van der Waals surface area contributed by atoms with Crippen LogP contribution in [0.1, 0.15) is 5.69 Å². The van der Waals surface area contributed by atoms with Crippen molar-refractivity contribution in [2.75, 3.05) is 0 Å². The molecule has 0 unspecified atom stereocenters. The lowest BCUT2D eigenvalue weighted by Crippen LogP contribution is -1.93. The Kier molecular flexibility index (Phi) is 2.60. The molecule has 6 heteroatoms. The maximum absolute atomic E-state index is 5.90. The maximum atomic E-state index is 5.90. The molecule has 0 radical (unpaired) electrons. The highest BCUT2D eigenvalue weighted by Gasteiger charge is 2.13. The summed E-state index contributed by atoms with van der Waals surface area (Å²) in [5, 5.41) is 15.6. The summed E-state index contributed by atoms with van der Waals surface area (Å²) in [5.74, 6) is 0.778. The third-order valence-corrected chi connectivity index (χ3v) is 2.98. The van der Waals surface area contributed by atoms with Crippen molar-refractivity contribution in [1.82, 2.24) is 25.0 Å². The van der Waals surface area contributed by atoms with Gasteiger partial charge >= 0.3 is 0 Å². The minimum absolute atomic E-state index is 0.714. The van der Waals surface area contributed by atoms with Gasteiger partial charge in [0.1, 0.15) is 12.7 Å². The zero-order valence-electron chi connectivity index (χ0n) is 9.63. The van der Waals surface area contributed by atoms with Gasteiger partial charge in [0.15, 0.2) is 5.82 Å². The van der Waals surface area contributed by atoms with Crippen molar-refractivity contribution in [3.05, 3.63) is 47.6 Å². The SMILES string of the molecule is Cc1[nH]nc(-n2cnnc2)c1-c1ccc(Cl)cc1. The first-order valence-electron chi connectivity index (χ1n) is 5.41. The van der Waals surface area contributed by atoms with Crippen LogP contribution in [0.2, 0.25) is 5.02 Å². The Hall–Kier alpha value is -2.14. The van der Waals surface area contributed by atoms with Crippen molar-refractivity contribution in [2.24, 2.45) is 0 Å². The molecule has 0 amide bonds. The molecule has 0 atom stereocenters. The van der Waals surface area contributed by atoms with Crippen LogP contribution >= 0.6 is 11.6 Å². The molecule has 0 aliphatic carbocycles. The predicted molar refractivity (Wildman–Crippen MR) is 68.7 cm³/mol. The Morgan fingerprint density at radius 2 is 1.78 bits per heavy atom. The second-order valence-electron chi connectivity index (χ2n) is 3.92. The molecule has 1 aromatic carbocycles. The number of aryl methyl sites for hydroxylation is 1. The molecule has 0 saturated carbocycles. The van der Waals surface area contributed by atoms with Crippen LogP contribution in [0.15, 0.2) is 36.9 Å². The van der Waals surface area contributed by atoms with E-state index in [0.717, 1.165) is 22.6 Å². The molecule has 3 aromatic rings. The number of aromatic nitrogens is 5. The lowest BCUT2D eigenvalue weighted by molar-refractivity contribution is 0.946. The monoisotopic (exact) mass is 259 g/mol. The summed E-state index contributed by atoms with van der Waals surface area (Å²) >= 11 is 5.90. The Morgan fingerprint density at radius 1 is 1.11 bits per heavy atom. The number of halogens is 1. The van der Waals surface area contributed by atoms with Crippen LogP contribution in [0.25, 0.3) is 16.9 Å². The number of hydrogen-bond acceptors (Lipinski definition) is 3. The number of benzene rings is 1. The topological polar surface area (TPSA) is 59.4 Å². The van der Waals surface area contributed by atoms with E-state index in [0.29, 0.717) is 5.02 Å². The van der Waals surface area contributed by atoms with Crippen LogP contribution < -0.4 is 0 Å². The summed E-state index contributed by atoms with van der Waals surface area (Å²) in [7, 11) is 0. The van der Waals surface area contributed by atoms with Gasteiger partial charge in [0.05, 0.1) is 0 Å². The van der Waals surface area contributed by atoms with Gasteiger partial charge in [-0.05, 0) is 24.6 Å². The van der Waals surface area contributed by atoms with E-state index in [9.17, 15) is 0 Å². The summed E-state index contributed by atoms with van der Waals surface area (Å²) in [6.07, 6.45) is 3.24. The molecule has 0 aliphatic rings. The molecule has 2 aromatic heterocycles. The molecule has 1 N–H and O–H groups in total. The zero-order valence-corrected chi connectivity index (χ0v) is 10.4. The van der Waals surface area contributed by atoms with Crippen molar-refractivity contribution < 1.29 is 0 Å². The summed E-state index contributed by atoms with van der Waals surface area (Å²) < 4.78 is 1.77. The van der Waals surface area contributed by atoms with Crippen molar-refractivity contribution in [2.45, 2.75) is 6.92 Å². The van der Waals surface area contributed by atoms with Crippen molar-refractivity contribution >= 4 is 11.6 Å². The number of nitrogens with zero attached hydrogens (tertiary/aromatic N) is 4.